The van der Waals surface area contributed by atoms with Crippen molar-refractivity contribution < 1.29 is 77.8 Å². The lowest BCUT2D eigenvalue weighted by Crippen LogP contribution is -2.51. The third kappa shape index (κ3) is 30.2. The summed E-state index contributed by atoms with van der Waals surface area (Å²) in [5, 5.41) is 54.5. The van der Waals surface area contributed by atoms with Crippen molar-refractivity contribution in [3.05, 3.63) is 35.9 Å². The Bertz CT molecular complexity index is 1760. The van der Waals surface area contributed by atoms with E-state index in [1.165, 1.54) is 0 Å². The Labute approximate surface area is 389 Å². The summed E-state index contributed by atoms with van der Waals surface area (Å²) in [6, 6.07) is 2.58. The average molecular weight is 952 g/mol. The molecule has 1 aromatic carbocycles. The lowest BCUT2D eigenvalue weighted by atomic mass is 10.1. The Hall–Kier alpha value is -6.68. The van der Waals surface area contributed by atoms with Gasteiger partial charge in [-0.1, -0.05) is 49.6 Å². The Kier molecular flexibility index (Phi) is 28.6. The SMILES string of the molecule is CC(C)(C)OC(=O)NCCCCC(NC(=O)CCCCCCCNC(=O)CCC(NC(=O)NC(CCC(=O)O)C(=O)O)C(=O)O)C(=O)NC(CCCCNC(=O)OCc1ccccc1)C(=O)O. The van der Waals surface area contributed by atoms with Crippen molar-refractivity contribution >= 4 is 59.8 Å². The van der Waals surface area contributed by atoms with Gasteiger partial charge >= 0.3 is 42.1 Å². The highest BCUT2D eigenvalue weighted by Crippen LogP contribution is 2.11. The quantitative estimate of drug-likeness (QED) is 0.0442. The van der Waals surface area contributed by atoms with E-state index in [4.69, 9.17) is 14.6 Å². The number of unbranched alkanes of at least 4 members (excludes halogenated alkanes) is 6. The molecule has 376 valence electrons. The standard InChI is InChI=1S/C44H69N7O16/c1-44(2,3)67-43(65)47-27-14-11-18-30(37(56)49-31(38(57)58)19-12-15-26-46-42(64)66-28-29-16-8-7-9-17-29)48-35(53)20-10-5-4-6-13-25-45-34(52)23-21-32(39(59)60)50-41(63)51-33(40(61)62)22-24-36(54)55/h7-9,16-17,30-33H,4-6,10-15,18-28H2,1-3H3,(H,45,52)(H,46,64)(H,47,65)(H,48,53)(H,49,56)(H,54,55)(H,57,58)(H,59,60)(H,61,62)(H2,50,51,63). The monoisotopic (exact) mass is 951 g/mol. The number of urea groups is 1. The molecule has 7 amide bonds. The Morgan fingerprint density at radius 2 is 1.00 bits per heavy atom. The first kappa shape index (κ1) is 58.3. The molecule has 4 atom stereocenters. The van der Waals surface area contributed by atoms with Gasteiger partial charge < -0.3 is 67.1 Å². The fourth-order valence-electron chi connectivity index (χ4n) is 6.15. The molecule has 0 radical (unpaired) electrons. The summed E-state index contributed by atoms with van der Waals surface area (Å²) in [6.45, 7) is 6.03. The highest BCUT2D eigenvalue weighted by atomic mass is 16.6. The fraction of sp³-hybridized carbons (Fsp3) is 0.636. The molecule has 0 aliphatic heterocycles. The number of carboxylic acid groups (broad SMARTS) is 4. The number of carbonyl (C=O) groups is 10. The lowest BCUT2D eigenvalue weighted by Gasteiger charge is -2.22. The number of hydrogen-bond donors (Lipinski definition) is 11. The molecule has 23 nitrogen and oxygen atoms in total. The van der Waals surface area contributed by atoms with Gasteiger partial charge in [-0.2, -0.15) is 0 Å². The number of carboxylic acids is 4. The Morgan fingerprint density at radius 3 is 1.57 bits per heavy atom. The molecule has 0 heterocycles. The van der Waals surface area contributed by atoms with Gasteiger partial charge in [-0.05, 0) is 90.5 Å². The molecule has 11 N–H and O–H groups in total. The zero-order valence-electron chi connectivity index (χ0n) is 38.5. The first-order valence-corrected chi connectivity index (χ1v) is 22.4. The van der Waals surface area contributed by atoms with E-state index in [1.54, 1.807) is 20.8 Å². The van der Waals surface area contributed by atoms with Gasteiger partial charge in [0.15, 0.2) is 0 Å². The predicted octanol–water partition coefficient (Wildman–Crippen LogP) is 3.14. The fourth-order valence-corrected chi connectivity index (χ4v) is 6.15. The van der Waals surface area contributed by atoms with Gasteiger partial charge in [-0.15, -0.1) is 0 Å². The third-order valence-corrected chi connectivity index (χ3v) is 9.67. The number of benzene rings is 1. The molecule has 0 aliphatic carbocycles. The van der Waals surface area contributed by atoms with Crippen molar-refractivity contribution in [3.8, 4) is 0 Å². The summed E-state index contributed by atoms with van der Waals surface area (Å²) >= 11 is 0. The van der Waals surface area contributed by atoms with Gasteiger partial charge in [0, 0.05) is 38.9 Å². The number of carbonyl (C=O) groups excluding carboxylic acids is 6. The molecule has 0 aliphatic rings. The number of alkyl carbamates (subject to hydrolysis) is 2. The topological polar surface area (TPSA) is 354 Å². The summed E-state index contributed by atoms with van der Waals surface area (Å²) in [4.78, 5) is 121. The normalized spacial score (nSPS) is 12.7. The van der Waals surface area contributed by atoms with E-state index in [0.29, 0.717) is 57.8 Å². The molecule has 1 aromatic rings. The van der Waals surface area contributed by atoms with Crippen molar-refractivity contribution in [1.29, 1.82) is 0 Å². The van der Waals surface area contributed by atoms with E-state index in [0.717, 1.165) is 5.56 Å². The third-order valence-electron chi connectivity index (χ3n) is 9.67. The van der Waals surface area contributed by atoms with Crippen molar-refractivity contribution in [2.24, 2.45) is 0 Å². The number of nitrogens with one attached hydrogen (secondary N) is 7. The maximum atomic E-state index is 13.4. The van der Waals surface area contributed by atoms with Gasteiger partial charge in [0.2, 0.25) is 17.7 Å². The first-order chi connectivity index (χ1) is 31.7. The van der Waals surface area contributed by atoms with E-state index in [1.807, 2.05) is 35.6 Å². The highest BCUT2D eigenvalue weighted by Gasteiger charge is 2.27. The minimum atomic E-state index is -1.56. The Morgan fingerprint density at radius 1 is 0.507 bits per heavy atom. The zero-order chi connectivity index (χ0) is 50.2. The van der Waals surface area contributed by atoms with Crippen LogP contribution >= 0.6 is 0 Å². The van der Waals surface area contributed by atoms with E-state index in [2.05, 4.69) is 31.9 Å². The molecule has 67 heavy (non-hydrogen) atoms. The second kappa shape index (κ2) is 32.9. The number of ether oxygens (including phenoxy) is 2. The van der Waals surface area contributed by atoms with Crippen molar-refractivity contribution in [2.45, 2.75) is 160 Å². The second-order valence-electron chi connectivity index (χ2n) is 16.7. The number of rotatable bonds is 34. The van der Waals surface area contributed by atoms with Crippen molar-refractivity contribution in [3.63, 3.8) is 0 Å². The predicted molar refractivity (Wildman–Crippen MR) is 239 cm³/mol. The molecule has 4 unspecified atom stereocenters. The molecule has 0 saturated carbocycles. The molecular weight excluding hydrogens is 883 g/mol. The number of hydrogen-bond acceptors (Lipinski definition) is 12. The lowest BCUT2D eigenvalue weighted by molar-refractivity contribution is -0.142. The van der Waals surface area contributed by atoms with Gasteiger partial charge in [-0.25, -0.2) is 28.8 Å². The maximum Gasteiger partial charge on any atom is 0.407 e. The van der Waals surface area contributed by atoms with Gasteiger partial charge in [0.05, 0.1) is 0 Å². The summed E-state index contributed by atoms with van der Waals surface area (Å²) in [5.74, 6) is -7.07. The summed E-state index contributed by atoms with van der Waals surface area (Å²) < 4.78 is 10.4. The van der Waals surface area contributed by atoms with Crippen molar-refractivity contribution in [1.82, 2.24) is 37.2 Å². The van der Waals surface area contributed by atoms with E-state index in [9.17, 15) is 63.3 Å². The minimum absolute atomic E-state index is 0.0620. The Balaban J connectivity index is 2.54. The molecule has 0 fully saturated rings. The van der Waals surface area contributed by atoms with E-state index < -0.39 is 102 Å². The van der Waals surface area contributed by atoms with Crippen LogP contribution in [-0.2, 0) is 49.6 Å². The average Bonchev–Trinajstić information content (AvgIpc) is 3.24. The molecular formula is C44H69N7O16. The number of aliphatic carboxylic acids is 4. The van der Waals surface area contributed by atoms with Crippen LogP contribution in [-0.4, -0.2) is 130 Å². The van der Waals surface area contributed by atoms with Crippen LogP contribution in [0.5, 0.6) is 0 Å². The first-order valence-electron chi connectivity index (χ1n) is 22.4. The van der Waals surface area contributed by atoms with Crippen LogP contribution in [0.2, 0.25) is 0 Å². The van der Waals surface area contributed by atoms with Crippen LogP contribution < -0.4 is 37.2 Å². The largest absolute Gasteiger partial charge is 0.481 e. The molecule has 0 aromatic heterocycles. The van der Waals surface area contributed by atoms with Crippen LogP contribution in [0.1, 0.15) is 129 Å². The second-order valence-corrected chi connectivity index (χ2v) is 16.7. The highest BCUT2D eigenvalue weighted by molar-refractivity contribution is 5.90. The van der Waals surface area contributed by atoms with Crippen molar-refractivity contribution in [2.75, 3.05) is 19.6 Å². The maximum absolute atomic E-state index is 13.4. The van der Waals surface area contributed by atoms with Crippen LogP contribution in [0.3, 0.4) is 0 Å². The minimum Gasteiger partial charge on any atom is -0.481 e. The van der Waals surface area contributed by atoms with Crippen LogP contribution in [0, 0.1) is 0 Å². The van der Waals surface area contributed by atoms with E-state index >= 15 is 0 Å². The van der Waals surface area contributed by atoms with Crippen LogP contribution in [0.4, 0.5) is 14.4 Å². The zero-order valence-corrected chi connectivity index (χ0v) is 38.5. The summed E-state index contributed by atoms with van der Waals surface area (Å²) in [5.41, 5.74) is 0.139. The van der Waals surface area contributed by atoms with Gasteiger partial charge in [0.1, 0.15) is 36.4 Å². The van der Waals surface area contributed by atoms with Crippen LogP contribution in [0.25, 0.3) is 0 Å². The number of amides is 7. The molecule has 23 heteroatoms. The molecule has 0 bridgehead atoms. The molecule has 1 rings (SSSR count). The van der Waals surface area contributed by atoms with Crippen LogP contribution in [0.15, 0.2) is 30.3 Å². The summed E-state index contributed by atoms with van der Waals surface area (Å²) in [7, 11) is 0. The summed E-state index contributed by atoms with van der Waals surface area (Å²) in [6.07, 6.45) is 2.23. The van der Waals surface area contributed by atoms with E-state index in [-0.39, 0.29) is 58.3 Å². The molecule has 0 saturated heterocycles. The van der Waals surface area contributed by atoms with Gasteiger partial charge in [-0.3, -0.25) is 19.2 Å². The smallest absolute Gasteiger partial charge is 0.407 e. The molecule has 0 spiro atoms. The van der Waals surface area contributed by atoms with Gasteiger partial charge in [0.25, 0.3) is 0 Å².